The molecule has 0 saturated carbocycles. The van der Waals surface area contributed by atoms with E-state index in [0.29, 0.717) is 10.8 Å². The Kier molecular flexibility index (Phi) is 9.32. The van der Waals surface area contributed by atoms with Gasteiger partial charge in [0.2, 0.25) is 11.8 Å². The van der Waals surface area contributed by atoms with Crippen molar-refractivity contribution in [2.24, 2.45) is 10.9 Å². The van der Waals surface area contributed by atoms with Crippen molar-refractivity contribution in [1.29, 1.82) is 0 Å². The number of carboxylic acid groups (broad SMARTS) is 1. The molecule has 0 bridgehead atoms. The van der Waals surface area contributed by atoms with Gasteiger partial charge in [-0.15, -0.1) is 11.3 Å². The molecule has 188 valence electrons. The van der Waals surface area contributed by atoms with Crippen LogP contribution >= 0.6 is 11.3 Å². The minimum absolute atomic E-state index is 0.0873. The Morgan fingerprint density at radius 3 is 2.49 bits per heavy atom. The first kappa shape index (κ1) is 26.3. The molecule has 11 heteroatoms. The van der Waals surface area contributed by atoms with Gasteiger partial charge in [-0.1, -0.05) is 12.1 Å². The van der Waals surface area contributed by atoms with E-state index in [2.05, 4.69) is 25.5 Å². The SMILES string of the molecule is CC(=O)Nc1nc(CCc2ccc(N=CNC(=O)O)cc2)c(CN2CCC(C(=O)N(C)C)CC2)s1. The Morgan fingerprint density at radius 2 is 1.89 bits per heavy atom. The summed E-state index contributed by atoms with van der Waals surface area (Å²) in [7, 11) is 3.61. The van der Waals surface area contributed by atoms with E-state index in [-0.39, 0.29) is 17.7 Å². The molecule has 0 spiro atoms. The van der Waals surface area contributed by atoms with Gasteiger partial charge in [-0.25, -0.2) is 14.8 Å². The number of amides is 3. The number of carbonyl (C=O) groups is 3. The Balaban J connectivity index is 1.62. The lowest BCUT2D eigenvalue weighted by Gasteiger charge is -2.32. The van der Waals surface area contributed by atoms with Crippen LogP contribution in [0, 0.1) is 5.92 Å². The minimum Gasteiger partial charge on any atom is -0.465 e. The molecule has 10 nitrogen and oxygen atoms in total. The fraction of sp³-hybridized carbons (Fsp3) is 0.458. The average Bonchev–Trinajstić information content (AvgIpc) is 3.18. The quantitative estimate of drug-likeness (QED) is 0.359. The fourth-order valence-corrected chi connectivity index (χ4v) is 5.08. The number of hydrogen-bond donors (Lipinski definition) is 3. The highest BCUT2D eigenvalue weighted by Crippen LogP contribution is 2.28. The predicted octanol–water partition coefficient (Wildman–Crippen LogP) is 3.11. The van der Waals surface area contributed by atoms with Crippen molar-refractivity contribution in [2.75, 3.05) is 32.5 Å². The molecule has 3 N–H and O–H groups in total. The zero-order chi connectivity index (χ0) is 25.4. The maximum Gasteiger partial charge on any atom is 0.409 e. The van der Waals surface area contributed by atoms with E-state index < -0.39 is 6.09 Å². The maximum atomic E-state index is 12.3. The number of aliphatic imine (C=N–C) groups is 1. The molecule has 1 fully saturated rings. The van der Waals surface area contributed by atoms with Crippen LogP contribution in [0.25, 0.3) is 0 Å². The number of nitrogens with zero attached hydrogens (tertiary/aromatic N) is 4. The molecule has 0 atom stereocenters. The zero-order valence-electron chi connectivity index (χ0n) is 20.3. The van der Waals surface area contributed by atoms with Crippen molar-refractivity contribution in [3.8, 4) is 0 Å². The number of aryl methyl sites for hydroxylation is 2. The summed E-state index contributed by atoms with van der Waals surface area (Å²) in [6.45, 7) is 3.94. The first-order valence-corrected chi connectivity index (χ1v) is 12.3. The largest absolute Gasteiger partial charge is 0.465 e. The van der Waals surface area contributed by atoms with Crippen LogP contribution in [-0.4, -0.2) is 71.3 Å². The summed E-state index contributed by atoms with van der Waals surface area (Å²) >= 11 is 1.51. The number of rotatable bonds is 9. The van der Waals surface area contributed by atoms with Crippen LogP contribution in [0.3, 0.4) is 0 Å². The van der Waals surface area contributed by atoms with E-state index in [1.807, 2.05) is 24.3 Å². The number of hydrogen-bond acceptors (Lipinski definition) is 7. The maximum absolute atomic E-state index is 12.3. The normalized spacial score (nSPS) is 14.7. The van der Waals surface area contributed by atoms with Crippen molar-refractivity contribution in [3.63, 3.8) is 0 Å². The van der Waals surface area contributed by atoms with E-state index >= 15 is 0 Å². The Morgan fingerprint density at radius 1 is 1.20 bits per heavy atom. The van der Waals surface area contributed by atoms with Crippen molar-refractivity contribution < 1.29 is 19.5 Å². The third-order valence-corrected chi connectivity index (χ3v) is 6.79. The Bertz CT molecular complexity index is 1060. The van der Waals surface area contributed by atoms with Gasteiger partial charge in [0.15, 0.2) is 5.13 Å². The monoisotopic (exact) mass is 500 g/mol. The van der Waals surface area contributed by atoms with Crippen molar-refractivity contribution >= 4 is 46.4 Å². The van der Waals surface area contributed by atoms with Crippen LogP contribution in [0.4, 0.5) is 15.6 Å². The predicted molar refractivity (Wildman–Crippen MR) is 136 cm³/mol. The van der Waals surface area contributed by atoms with Gasteiger partial charge >= 0.3 is 6.09 Å². The molecular formula is C24H32N6O4S. The van der Waals surface area contributed by atoms with E-state index in [1.54, 1.807) is 19.0 Å². The smallest absolute Gasteiger partial charge is 0.409 e. The molecule has 1 aromatic heterocycles. The van der Waals surface area contributed by atoms with E-state index in [0.717, 1.165) is 67.8 Å². The van der Waals surface area contributed by atoms with Gasteiger partial charge in [-0.05, 0) is 56.5 Å². The fourth-order valence-electron chi connectivity index (χ4n) is 3.99. The molecular weight excluding hydrogens is 468 g/mol. The Labute approximate surface area is 209 Å². The second kappa shape index (κ2) is 12.4. The van der Waals surface area contributed by atoms with Gasteiger partial charge in [-0.3, -0.25) is 19.8 Å². The second-order valence-corrected chi connectivity index (χ2v) is 9.81. The minimum atomic E-state index is -1.16. The summed E-state index contributed by atoms with van der Waals surface area (Å²) in [5.41, 5.74) is 2.73. The molecule has 0 unspecified atom stereocenters. The molecule has 2 heterocycles. The third-order valence-electron chi connectivity index (χ3n) is 5.79. The van der Waals surface area contributed by atoms with E-state index in [9.17, 15) is 14.4 Å². The molecule has 1 aromatic carbocycles. The summed E-state index contributed by atoms with van der Waals surface area (Å²) in [6, 6.07) is 7.58. The van der Waals surface area contributed by atoms with Gasteiger partial charge in [-0.2, -0.15) is 0 Å². The van der Waals surface area contributed by atoms with Crippen LogP contribution in [0.5, 0.6) is 0 Å². The lowest BCUT2D eigenvalue weighted by Crippen LogP contribution is -2.39. The molecule has 0 aliphatic carbocycles. The number of piperidine rings is 1. The van der Waals surface area contributed by atoms with E-state index in [1.165, 1.54) is 18.3 Å². The second-order valence-electron chi connectivity index (χ2n) is 8.73. The van der Waals surface area contributed by atoms with E-state index in [4.69, 9.17) is 5.11 Å². The number of benzene rings is 1. The Hall–Kier alpha value is -3.31. The molecule has 0 radical (unpaired) electrons. The van der Waals surface area contributed by atoms with Crippen LogP contribution < -0.4 is 10.6 Å². The van der Waals surface area contributed by atoms with Crippen molar-refractivity contribution in [2.45, 2.75) is 39.2 Å². The van der Waals surface area contributed by atoms with Gasteiger partial charge in [0.1, 0.15) is 0 Å². The lowest BCUT2D eigenvalue weighted by molar-refractivity contribution is -0.134. The molecule has 35 heavy (non-hydrogen) atoms. The number of likely N-dealkylation sites (tertiary alicyclic amines) is 1. The number of carbonyl (C=O) groups excluding carboxylic acids is 2. The van der Waals surface area contributed by atoms with Gasteiger partial charge < -0.3 is 15.3 Å². The topological polar surface area (TPSA) is 127 Å². The van der Waals surface area contributed by atoms with Gasteiger partial charge in [0, 0.05) is 38.4 Å². The highest BCUT2D eigenvalue weighted by atomic mass is 32.1. The van der Waals surface area contributed by atoms with Gasteiger partial charge in [0.05, 0.1) is 17.7 Å². The highest BCUT2D eigenvalue weighted by Gasteiger charge is 2.27. The standard InChI is InChI=1S/C24H32N6O4S/c1-16(31)27-23-28-20(9-6-17-4-7-19(8-5-17)25-15-26-24(33)34)21(35-23)14-30-12-10-18(11-13-30)22(32)29(2)3/h4-5,7-8,15,18H,6,9-14H2,1-3H3,(H,25,26)(H,33,34)(H,27,28,31). The summed E-state index contributed by atoms with van der Waals surface area (Å²) in [5, 5.41) is 14.1. The van der Waals surface area contributed by atoms with Crippen LogP contribution in [0.1, 0.15) is 35.9 Å². The average molecular weight is 501 g/mol. The number of anilines is 1. The summed E-state index contributed by atoms with van der Waals surface area (Å²) in [5.74, 6) is 0.142. The molecule has 2 aromatic rings. The third kappa shape index (κ3) is 8.15. The van der Waals surface area contributed by atoms with Crippen molar-refractivity contribution in [1.82, 2.24) is 20.1 Å². The summed E-state index contributed by atoms with van der Waals surface area (Å²) in [4.78, 5) is 48.2. The lowest BCUT2D eigenvalue weighted by atomic mass is 9.95. The van der Waals surface area contributed by atoms with Gasteiger partial charge in [0.25, 0.3) is 0 Å². The number of aromatic nitrogens is 1. The first-order chi connectivity index (χ1) is 16.7. The van der Waals surface area contributed by atoms with Crippen LogP contribution in [-0.2, 0) is 29.0 Å². The molecule has 3 amide bonds. The summed E-state index contributed by atoms with van der Waals surface area (Å²) < 4.78 is 0. The van der Waals surface area contributed by atoms with Crippen LogP contribution in [0.15, 0.2) is 29.3 Å². The van der Waals surface area contributed by atoms with Crippen LogP contribution in [0.2, 0.25) is 0 Å². The highest BCUT2D eigenvalue weighted by molar-refractivity contribution is 7.15. The molecule has 1 saturated heterocycles. The number of thiazole rings is 1. The molecule has 1 aliphatic rings. The number of nitrogens with one attached hydrogen (secondary N) is 2. The van der Waals surface area contributed by atoms with Crippen molar-refractivity contribution in [3.05, 3.63) is 40.4 Å². The summed E-state index contributed by atoms with van der Waals surface area (Å²) in [6.07, 6.45) is 3.18. The first-order valence-electron chi connectivity index (χ1n) is 11.5. The molecule has 3 rings (SSSR count). The molecule has 1 aliphatic heterocycles. The zero-order valence-corrected chi connectivity index (χ0v) is 21.1.